The van der Waals surface area contributed by atoms with Gasteiger partial charge in [0.2, 0.25) is 0 Å². The van der Waals surface area contributed by atoms with Gasteiger partial charge in [0.15, 0.2) is 0 Å². The number of amides is 1. The van der Waals surface area contributed by atoms with E-state index in [-0.39, 0.29) is 5.91 Å². The van der Waals surface area contributed by atoms with Gasteiger partial charge in [0.1, 0.15) is 11.5 Å². The van der Waals surface area contributed by atoms with E-state index in [1.165, 1.54) is 5.56 Å². The fourth-order valence-electron chi connectivity index (χ4n) is 3.29. The Morgan fingerprint density at radius 2 is 1.71 bits per heavy atom. The zero-order valence-corrected chi connectivity index (χ0v) is 14.2. The first-order valence-electron chi connectivity index (χ1n) is 8.29. The van der Waals surface area contributed by atoms with Crippen LogP contribution in [0, 0.1) is 0 Å². The highest BCUT2D eigenvalue weighted by Gasteiger charge is 2.26. The molecule has 1 heterocycles. The highest BCUT2D eigenvalue weighted by atomic mass is 16.5. The number of carbonyl (C=O) groups excluding carboxylic acids is 1. The number of nitrogens with zero attached hydrogens (tertiary/aromatic N) is 1. The summed E-state index contributed by atoms with van der Waals surface area (Å²) >= 11 is 0. The molecule has 0 radical (unpaired) electrons. The van der Waals surface area contributed by atoms with Crippen LogP contribution < -0.4 is 9.47 Å². The third kappa shape index (κ3) is 3.37. The molecule has 126 valence electrons. The highest BCUT2D eigenvalue weighted by molar-refractivity contribution is 5.97. The van der Waals surface area contributed by atoms with Crippen LogP contribution in [0.3, 0.4) is 0 Å². The Labute approximate surface area is 143 Å². The van der Waals surface area contributed by atoms with Gasteiger partial charge in [-0.2, -0.15) is 0 Å². The molecule has 1 aliphatic rings. The molecule has 0 aromatic heterocycles. The molecule has 0 bridgehead atoms. The Balaban J connectivity index is 1.71. The van der Waals surface area contributed by atoms with E-state index in [0.29, 0.717) is 23.0 Å². The quantitative estimate of drug-likeness (QED) is 0.860. The number of rotatable bonds is 4. The summed E-state index contributed by atoms with van der Waals surface area (Å²) in [6.45, 7) is 1.53. The number of carbonyl (C=O) groups is 1. The van der Waals surface area contributed by atoms with Gasteiger partial charge in [-0.05, 0) is 42.5 Å². The summed E-state index contributed by atoms with van der Waals surface area (Å²) in [7, 11) is 3.18. The Bertz CT molecular complexity index is 691. The van der Waals surface area contributed by atoms with Crippen molar-refractivity contribution in [3.8, 4) is 11.5 Å². The van der Waals surface area contributed by atoms with Crippen LogP contribution in [-0.4, -0.2) is 38.1 Å². The first-order chi connectivity index (χ1) is 11.7. The Morgan fingerprint density at radius 1 is 1.00 bits per heavy atom. The number of piperidine rings is 1. The van der Waals surface area contributed by atoms with Crippen LogP contribution in [0.4, 0.5) is 0 Å². The molecule has 0 spiro atoms. The Hall–Kier alpha value is -2.49. The third-order valence-corrected chi connectivity index (χ3v) is 4.69. The lowest BCUT2D eigenvalue weighted by molar-refractivity contribution is 0.0709. The average Bonchev–Trinajstić information content (AvgIpc) is 2.67. The predicted octanol–water partition coefficient (Wildman–Crippen LogP) is 3.72. The van der Waals surface area contributed by atoms with Gasteiger partial charge >= 0.3 is 0 Å². The number of likely N-dealkylation sites (tertiary alicyclic amines) is 1. The highest BCUT2D eigenvalue weighted by Crippen LogP contribution is 2.30. The second-order valence-electron chi connectivity index (χ2n) is 6.04. The largest absolute Gasteiger partial charge is 0.497 e. The van der Waals surface area contributed by atoms with Crippen LogP contribution in [0.5, 0.6) is 11.5 Å². The first kappa shape index (κ1) is 16.4. The van der Waals surface area contributed by atoms with E-state index in [0.717, 1.165) is 25.9 Å². The SMILES string of the molecule is COc1ccc(OC)c(C(=O)N2CCC(c3ccccc3)CC2)c1. The molecule has 1 aliphatic heterocycles. The molecule has 0 saturated carbocycles. The van der Waals surface area contributed by atoms with Crippen molar-refractivity contribution < 1.29 is 14.3 Å². The van der Waals surface area contributed by atoms with Crippen molar-refractivity contribution >= 4 is 5.91 Å². The van der Waals surface area contributed by atoms with Crippen LogP contribution in [0.25, 0.3) is 0 Å². The second kappa shape index (κ2) is 7.39. The van der Waals surface area contributed by atoms with Gasteiger partial charge in [-0.25, -0.2) is 0 Å². The summed E-state index contributed by atoms with van der Waals surface area (Å²) in [6.07, 6.45) is 1.98. The van der Waals surface area contributed by atoms with E-state index in [1.54, 1.807) is 32.4 Å². The minimum Gasteiger partial charge on any atom is -0.497 e. The van der Waals surface area contributed by atoms with Gasteiger partial charge in [0, 0.05) is 13.1 Å². The number of methoxy groups -OCH3 is 2. The maximum atomic E-state index is 12.9. The van der Waals surface area contributed by atoms with Crippen molar-refractivity contribution in [1.82, 2.24) is 4.90 Å². The van der Waals surface area contributed by atoms with Gasteiger partial charge in [-0.3, -0.25) is 4.79 Å². The fraction of sp³-hybridized carbons (Fsp3) is 0.350. The topological polar surface area (TPSA) is 38.8 Å². The number of hydrogen-bond acceptors (Lipinski definition) is 3. The van der Waals surface area contributed by atoms with Gasteiger partial charge in [0.25, 0.3) is 5.91 Å². The molecule has 0 aliphatic carbocycles. The van der Waals surface area contributed by atoms with Crippen molar-refractivity contribution in [2.24, 2.45) is 0 Å². The number of benzene rings is 2. The summed E-state index contributed by atoms with van der Waals surface area (Å²) in [6, 6.07) is 15.9. The first-order valence-corrected chi connectivity index (χ1v) is 8.29. The minimum atomic E-state index is 0.0114. The summed E-state index contributed by atoms with van der Waals surface area (Å²) in [5, 5.41) is 0. The Kier molecular flexibility index (Phi) is 5.04. The van der Waals surface area contributed by atoms with E-state index < -0.39 is 0 Å². The van der Waals surface area contributed by atoms with E-state index in [1.807, 2.05) is 11.0 Å². The summed E-state index contributed by atoms with van der Waals surface area (Å²) in [5.41, 5.74) is 1.93. The molecule has 4 nitrogen and oxygen atoms in total. The van der Waals surface area contributed by atoms with Gasteiger partial charge in [-0.15, -0.1) is 0 Å². The lowest BCUT2D eigenvalue weighted by atomic mass is 9.89. The lowest BCUT2D eigenvalue weighted by Gasteiger charge is -2.32. The Morgan fingerprint density at radius 3 is 2.33 bits per heavy atom. The van der Waals surface area contributed by atoms with E-state index in [2.05, 4.69) is 24.3 Å². The summed E-state index contributed by atoms with van der Waals surface area (Å²) in [4.78, 5) is 14.8. The normalized spacial score (nSPS) is 15.2. The molecule has 2 aromatic carbocycles. The molecular formula is C20H23NO3. The molecule has 1 amide bonds. The van der Waals surface area contributed by atoms with Crippen molar-refractivity contribution in [3.05, 3.63) is 59.7 Å². The maximum Gasteiger partial charge on any atom is 0.257 e. The predicted molar refractivity (Wildman–Crippen MR) is 93.9 cm³/mol. The van der Waals surface area contributed by atoms with E-state index in [9.17, 15) is 4.79 Å². The summed E-state index contributed by atoms with van der Waals surface area (Å²) in [5.74, 6) is 1.80. The zero-order valence-electron chi connectivity index (χ0n) is 14.2. The van der Waals surface area contributed by atoms with Crippen molar-refractivity contribution in [3.63, 3.8) is 0 Å². The van der Waals surface area contributed by atoms with Crippen LogP contribution in [-0.2, 0) is 0 Å². The van der Waals surface area contributed by atoms with Crippen LogP contribution in [0.15, 0.2) is 48.5 Å². The van der Waals surface area contributed by atoms with Crippen LogP contribution in [0.1, 0.15) is 34.7 Å². The molecule has 0 N–H and O–H groups in total. The van der Waals surface area contributed by atoms with Crippen molar-refractivity contribution in [2.75, 3.05) is 27.3 Å². The average molecular weight is 325 g/mol. The molecule has 1 saturated heterocycles. The van der Waals surface area contributed by atoms with Gasteiger partial charge in [-0.1, -0.05) is 30.3 Å². The molecule has 0 unspecified atom stereocenters. The lowest BCUT2D eigenvalue weighted by Crippen LogP contribution is -2.38. The smallest absolute Gasteiger partial charge is 0.257 e. The molecule has 4 heteroatoms. The molecule has 0 atom stereocenters. The number of ether oxygens (including phenoxy) is 2. The van der Waals surface area contributed by atoms with Gasteiger partial charge in [0.05, 0.1) is 19.8 Å². The van der Waals surface area contributed by atoms with Crippen LogP contribution in [0.2, 0.25) is 0 Å². The summed E-state index contributed by atoms with van der Waals surface area (Å²) < 4.78 is 10.6. The zero-order chi connectivity index (χ0) is 16.9. The molecule has 2 aromatic rings. The van der Waals surface area contributed by atoms with Gasteiger partial charge < -0.3 is 14.4 Å². The monoisotopic (exact) mass is 325 g/mol. The van der Waals surface area contributed by atoms with Crippen LogP contribution >= 0.6 is 0 Å². The molecule has 3 rings (SSSR count). The number of hydrogen-bond donors (Lipinski definition) is 0. The molecule has 24 heavy (non-hydrogen) atoms. The molecular weight excluding hydrogens is 302 g/mol. The van der Waals surface area contributed by atoms with Crippen molar-refractivity contribution in [2.45, 2.75) is 18.8 Å². The third-order valence-electron chi connectivity index (χ3n) is 4.69. The fourth-order valence-corrected chi connectivity index (χ4v) is 3.29. The van der Waals surface area contributed by atoms with E-state index >= 15 is 0 Å². The molecule has 1 fully saturated rings. The van der Waals surface area contributed by atoms with E-state index in [4.69, 9.17) is 9.47 Å². The minimum absolute atomic E-state index is 0.0114. The van der Waals surface area contributed by atoms with Crippen molar-refractivity contribution in [1.29, 1.82) is 0 Å². The maximum absolute atomic E-state index is 12.9. The standard InChI is InChI=1S/C20H23NO3/c1-23-17-8-9-19(24-2)18(14-17)20(22)21-12-10-16(11-13-21)15-6-4-3-5-7-15/h3-9,14,16H,10-13H2,1-2H3. The second-order valence-corrected chi connectivity index (χ2v) is 6.04.